The van der Waals surface area contributed by atoms with Crippen molar-refractivity contribution >= 4 is 13.9 Å². The molecular weight excluding hydrogens is 219 g/mol. The highest BCUT2D eigenvalue weighted by atomic mass is 31.2. The van der Waals surface area contributed by atoms with Crippen molar-refractivity contribution in [2.75, 3.05) is 0 Å². The minimum absolute atomic E-state index is 0.316. The lowest BCUT2D eigenvalue weighted by molar-refractivity contribution is -0.135. The Hall–Kier alpha value is -0.660. The predicted molar refractivity (Wildman–Crippen MR) is 55.1 cm³/mol. The third-order valence-electron chi connectivity index (χ3n) is 2.14. The van der Waals surface area contributed by atoms with Crippen molar-refractivity contribution in [2.45, 2.75) is 38.6 Å². The standard InChI is InChI=1S/C9H13O5P/c1-4-5-8(9(10)11)15(12)13-6(2)7(3)14-15/h6-8,12H,1-3H3/p+1. The van der Waals surface area contributed by atoms with E-state index >= 15 is 0 Å². The Labute approximate surface area is 89.0 Å². The van der Waals surface area contributed by atoms with Gasteiger partial charge in [-0.3, -0.25) is 0 Å². The fourth-order valence-corrected chi connectivity index (χ4v) is 3.37. The molecule has 0 amide bonds. The van der Waals surface area contributed by atoms with Crippen molar-refractivity contribution < 1.29 is 23.8 Å². The molecule has 0 aliphatic carbocycles. The fourth-order valence-electron chi connectivity index (χ4n) is 1.21. The normalized spacial score (nSPS) is 36.8. The van der Waals surface area contributed by atoms with Crippen LogP contribution in [0.1, 0.15) is 20.8 Å². The number of hydrogen-bond donors (Lipinski definition) is 2. The van der Waals surface area contributed by atoms with Gasteiger partial charge in [0.1, 0.15) is 12.2 Å². The maximum absolute atomic E-state index is 10.9. The van der Waals surface area contributed by atoms with Crippen molar-refractivity contribution in [1.82, 2.24) is 0 Å². The number of carboxylic acid groups (broad SMARTS) is 1. The molecule has 2 N–H and O–H groups in total. The lowest BCUT2D eigenvalue weighted by Gasteiger charge is -2.12. The average molecular weight is 233 g/mol. The van der Waals surface area contributed by atoms with Crippen LogP contribution in [0.3, 0.4) is 0 Å². The summed E-state index contributed by atoms with van der Waals surface area (Å²) in [6.45, 7) is 4.95. The molecule has 0 radical (unpaired) electrons. The van der Waals surface area contributed by atoms with Crippen LogP contribution in [0.25, 0.3) is 0 Å². The second kappa shape index (κ2) is 4.46. The molecule has 0 aromatic carbocycles. The van der Waals surface area contributed by atoms with Crippen LogP contribution in [-0.2, 0) is 13.8 Å². The summed E-state index contributed by atoms with van der Waals surface area (Å²) >= 11 is 0. The van der Waals surface area contributed by atoms with Crippen molar-refractivity contribution in [3.05, 3.63) is 0 Å². The Morgan fingerprint density at radius 2 is 1.87 bits per heavy atom. The molecule has 3 atom stereocenters. The summed E-state index contributed by atoms with van der Waals surface area (Å²) in [6.07, 6.45) is -0.632. The second-order valence-electron chi connectivity index (χ2n) is 3.32. The molecule has 0 spiro atoms. The highest BCUT2D eigenvalue weighted by molar-refractivity contribution is 7.63. The fraction of sp³-hybridized carbons (Fsp3) is 0.667. The molecule has 0 aromatic rings. The third kappa shape index (κ3) is 2.47. The van der Waals surface area contributed by atoms with E-state index in [1.807, 2.05) is 0 Å². The Bertz CT molecular complexity index is 308. The molecule has 1 heterocycles. The van der Waals surface area contributed by atoms with E-state index in [2.05, 4.69) is 11.8 Å². The summed E-state index contributed by atoms with van der Waals surface area (Å²) in [7, 11) is -3.39. The van der Waals surface area contributed by atoms with Gasteiger partial charge in [-0.1, -0.05) is 0 Å². The number of rotatable bonds is 2. The number of carboxylic acids is 1. The van der Waals surface area contributed by atoms with Crippen LogP contribution < -0.4 is 0 Å². The molecule has 1 fully saturated rings. The Morgan fingerprint density at radius 1 is 1.40 bits per heavy atom. The maximum Gasteiger partial charge on any atom is 0.437 e. The van der Waals surface area contributed by atoms with Gasteiger partial charge in [0.25, 0.3) is 0 Å². The molecule has 0 aromatic heterocycles. The zero-order chi connectivity index (χ0) is 11.6. The van der Waals surface area contributed by atoms with Gasteiger partial charge in [0, 0.05) is 0 Å². The van der Waals surface area contributed by atoms with Crippen molar-refractivity contribution in [1.29, 1.82) is 0 Å². The van der Waals surface area contributed by atoms with Crippen molar-refractivity contribution in [3.8, 4) is 11.8 Å². The van der Waals surface area contributed by atoms with E-state index in [9.17, 15) is 9.69 Å². The minimum atomic E-state index is -3.39. The van der Waals surface area contributed by atoms with Crippen LogP contribution >= 0.6 is 7.94 Å². The van der Waals surface area contributed by atoms with Gasteiger partial charge >= 0.3 is 19.6 Å². The molecule has 3 unspecified atom stereocenters. The monoisotopic (exact) mass is 233 g/mol. The SMILES string of the molecule is CC#CC(C(=O)O)[P+]1(O)OC(C)C(C)O1. The third-order valence-corrected chi connectivity index (χ3v) is 4.41. The van der Waals surface area contributed by atoms with E-state index in [1.54, 1.807) is 13.8 Å². The highest BCUT2D eigenvalue weighted by Crippen LogP contribution is 2.67. The molecular formula is C9H14O5P+. The molecule has 0 saturated carbocycles. The first kappa shape index (κ1) is 12.4. The van der Waals surface area contributed by atoms with E-state index < -0.39 is 19.6 Å². The Balaban J connectivity index is 2.92. The van der Waals surface area contributed by atoms with Gasteiger partial charge in [0.15, 0.2) is 0 Å². The van der Waals surface area contributed by atoms with Gasteiger partial charge < -0.3 is 5.11 Å². The largest absolute Gasteiger partial charge is 0.477 e. The number of hydrogen-bond acceptors (Lipinski definition) is 4. The van der Waals surface area contributed by atoms with E-state index in [0.29, 0.717) is 0 Å². The molecule has 15 heavy (non-hydrogen) atoms. The van der Waals surface area contributed by atoms with Gasteiger partial charge in [-0.05, 0) is 26.7 Å². The van der Waals surface area contributed by atoms with Crippen molar-refractivity contribution in [3.63, 3.8) is 0 Å². The van der Waals surface area contributed by atoms with Crippen LogP contribution in [0.2, 0.25) is 0 Å². The zero-order valence-corrected chi connectivity index (χ0v) is 9.69. The van der Waals surface area contributed by atoms with Crippen LogP contribution in [0, 0.1) is 11.8 Å². The Morgan fingerprint density at radius 3 is 2.20 bits per heavy atom. The van der Waals surface area contributed by atoms with E-state index in [1.165, 1.54) is 6.92 Å². The van der Waals surface area contributed by atoms with E-state index in [4.69, 9.17) is 14.2 Å². The summed E-state index contributed by atoms with van der Waals surface area (Å²) in [5.74, 6) is 3.64. The molecule has 5 nitrogen and oxygen atoms in total. The lowest BCUT2D eigenvalue weighted by Crippen LogP contribution is -2.23. The molecule has 1 rings (SSSR count). The number of aliphatic carboxylic acids is 1. The summed E-state index contributed by atoms with van der Waals surface area (Å²) in [5, 5.41) is 8.91. The first-order chi connectivity index (χ1) is 6.90. The smallest absolute Gasteiger partial charge is 0.437 e. The first-order valence-electron chi connectivity index (χ1n) is 4.54. The quantitative estimate of drug-likeness (QED) is 0.550. The molecule has 1 saturated heterocycles. The first-order valence-corrected chi connectivity index (χ1v) is 6.18. The number of carbonyl (C=O) groups is 1. The van der Waals surface area contributed by atoms with Crippen LogP contribution in [0.5, 0.6) is 0 Å². The molecule has 6 heteroatoms. The molecule has 1 aliphatic heterocycles. The summed E-state index contributed by atoms with van der Waals surface area (Å²) in [6, 6.07) is 0. The van der Waals surface area contributed by atoms with Crippen LogP contribution in [0.4, 0.5) is 0 Å². The summed E-state index contributed by atoms with van der Waals surface area (Å²) < 4.78 is 10.4. The lowest BCUT2D eigenvalue weighted by atomic mass is 10.3. The molecule has 1 aliphatic rings. The molecule has 0 bridgehead atoms. The van der Waals surface area contributed by atoms with E-state index in [-0.39, 0.29) is 12.2 Å². The molecule has 84 valence electrons. The van der Waals surface area contributed by atoms with Crippen LogP contribution in [-0.4, -0.2) is 33.8 Å². The van der Waals surface area contributed by atoms with Crippen molar-refractivity contribution in [2.24, 2.45) is 0 Å². The summed E-state index contributed by atoms with van der Waals surface area (Å²) in [5.41, 5.74) is -1.28. The van der Waals surface area contributed by atoms with Gasteiger partial charge in [0.05, 0.1) is 0 Å². The summed E-state index contributed by atoms with van der Waals surface area (Å²) in [4.78, 5) is 20.9. The minimum Gasteiger partial charge on any atom is -0.477 e. The predicted octanol–water partition coefficient (Wildman–Crippen LogP) is 1.04. The van der Waals surface area contributed by atoms with Gasteiger partial charge in [-0.25, -0.2) is 4.79 Å². The maximum atomic E-state index is 10.9. The van der Waals surface area contributed by atoms with Gasteiger partial charge in [0.2, 0.25) is 0 Å². The zero-order valence-electron chi connectivity index (χ0n) is 8.80. The highest BCUT2D eigenvalue weighted by Gasteiger charge is 2.62. The van der Waals surface area contributed by atoms with Gasteiger partial charge in [-0.2, -0.15) is 13.9 Å². The Kier molecular flexibility index (Phi) is 3.69. The average Bonchev–Trinajstić information content (AvgIpc) is 2.37. The second-order valence-corrected chi connectivity index (χ2v) is 5.39. The topological polar surface area (TPSA) is 76.0 Å². The van der Waals surface area contributed by atoms with Crippen LogP contribution in [0.15, 0.2) is 0 Å². The van der Waals surface area contributed by atoms with Gasteiger partial charge in [-0.15, -0.1) is 5.92 Å². The van der Waals surface area contributed by atoms with E-state index in [0.717, 1.165) is 0 Å².